The van der Waals surface area contributed by atoms with Crippen LogP contribution >= 0.6 is 0 Å². The van der Waals surface area contributed by atoms with Gasteiger partial charge >= 0.3 is 5.97 Å². The number of carbonyl (C=O) groups excluding carboxylic acids is 1. The molecule has 80 valence electrons. The van der Waals surface area contributed by atoms with Crippen molar-refractivity contribution in [2.45, 2.75) is 18.9 Å². The van der Waals surface area contributed by atoms with Gasteiger partial charge in [-0.3, -0.25) is 4.79 Å². The summed E-state index contributed by atoms with van der Waals surface area (Å²) in [5, 5.41) is 0. The predicted octanol–water partition coefficient (Wildman–Crippen LogP) is 2.21. The summed E-state index contributed by atoms with van der Waals surface area (Å²) in [6.07, 6.45) is 0.589. The third-order valence-electron chi connectivity index (χ3n) is 2.42. The van der Waals surface area contributed by atoms with Crippen molar-refractivity contribution in [1.29, 1.82) is 0 Å². The van der Waals surface area contributed by atoms with Crippen molar-refractivity contribution in [1.82, 2.24) is 0 Å². The van der Waals surface area contributed by atoms with Gasteiger partial charge in [0.05, 0.1) is 7.11 Å². The first-order chi connectivity index (χ1) is 7.20. The third-order valence-corrected chi connectivity index (χ3v) is 2.42. The zero-order chi connectivity index (χ0) is 10.8. The predicted molar refractivity (Wildman–Crippen MR) is 51.0 cm³/mol. The third kappa shape index (κ3) is 1.93. The molecule has 0 saturated carbocycles. The normalized spacial score (nSPS) is 20.1. The minimum absolute atomic E-state index is 0.244. The van der Waals surface area contributed by atoms with Crippen molar-refractivity contribution in [3.63, 3.8) is 0 Å². The summed E-state index contributed by atoms with van der Waals surface area (Å²) in [6.45, 7) is 0. The highest BCUT2D eigenvalue weighted by atomic mass is 19.1. The minimum atomic E-state index is -0.372. The van der Waals surface area contributed by atoms with E-state index in [1.54, 1.807) is 0 Å². The van der Waals surface area contributed by atoms with Gasteiger partial charge in [-0.15, -0.1) is 0 Å². The Balaban J connectivity index is 2.33. The second-order valence-corrected chi connectivity index (χ2v) is 3.40. The van der Waals surface area contributed by atoms with Crippen LogP contribution in [0.3, 0.4) is 0 Å². The molecule has 0 radical (unpaired) electrons. The molecule has 1 unspecified atom stereocenters. The fourth-order valence-corrected chi connectivity index (χ4v) is 1.70. The maximum atomic E-state index is 13.0. The summed E-state index contributed by atoms with van der Waals surface area (Å²) >= 11 is 0. The largest absolute Gasteiger partial charge is 0.496 e. The molecule has 2 rings (SSSR count). The molecule has 0 aliphatic carbocycles. The lowest BCUT2D eigenvalue weighted by Crippen LogP contribution is -2.01. The van der Waals surface area contributed by atoms with Crippen LogP contribution in [0.1, 0.15) is 24.5 Å². The molecule has 4 heteroatoms. The Hall–Kier alpha value is -1.58. The van der Waals surface area contributed by atoms with E-state index in [4.69, 9.17) is 9.47 Å². The molecule has 0 bridgehead atoms. The lowest BCUT2D eigenvalue weighted by molar-refractivity contribution is -0.141. The van der Waals surface area contributed by atoms with E-state index in [9.17, 15) is 9.18 Å². The van der Waals surface area contributed by atoms with Crippen LogP contribution in [0.15, 0.2) is 18.2 Å². The lowest BCUT2D eigenvalue weighted by Gasteiger charge is -2.13. The van der Waals surface area contributed by atoms with Gasteiger partial charge in [0.2, 0.25) is 0 Å². The Morgan fingerprint density at radius 1 is 1.53 bits per heavy atom. The second-order valence-electron chi connectivity index (χ2n) is 3.40. The number of rotatable bonds is 2. The molecule has 0 aromatic heterocycles. The van der Waals surface area contributed by atoms with Gasteiger partial charge in [0, 0.05) is 12.0 Å². The van der Waals surface area contributed by atoms with Crippen molar-refractivity contribution in [2.75, 3.05) is 7.11 Å². The number of ether oxygens (including phenoxy) is 2. The summed E-state index contributed by atoms with van der Waals surface area (Å²) in [4.78, 5) is 11.0. The van der Waals surface area contributed by atoms with Crippen LogP contribution in [0.25, 0.3) is 0 Å². The van der Waals surface area contributed by atoms with Crippen molar-refractivity contribution < 1.29 is 18.7 Å². The van der Waals surface area contributed by atoms with E-state index in [2.05, 4.69) is 0 Å². The van der Waals surface area contributed by atoms with Crippen molar-refractivity contribution in [3.05, 3.63) is 29.6 Å². The van der Waals surface area contributed by atoms with Crippen LogP contribution in [-0.4, -0.2) is 13.1 Å². The molecule has 0 N–H and O–H groups in total. The highest BCUT2D eigenvalue weighted by Crippen LogP contribution is 2.35. The number of hydrogen-bond donors (Lipinski definition) is 0. The van der Waals surface area contributed by atoms with E-state index in [1.807, 2.05) is 0 Å². The van der Waals surface area contributed by atoms with Crippen LogP contribution in [0.4, 0.5) is 4.39 Å². The standard InChI is InChI=1S/C11H11FO3/c1-14-9-3-2-7(12)6-8(9)10-4-5-11(13)15-10/h2-3,6,10H,4-5H2,1H3. The lowest BCUT2D eigenvalue weighted by atomic mass is 10.1. The van der Waals surface area contributed by atoms with E-state index >= 15 is 0 Å². The number of esters is 1. The van der Waals surface area contributed by atoms with Gasteiger partial charge in [0.25, 0.3) is 0 Å². The SMILES string of the molecule is COc1ccc(F)cc1C1CCC(=O)O1. The first-order valence-corrected chi connectivity index (χ1v) is 4.73. The summed E-state index contributed by atoms with van der Waals surface area (Å²) in [6, 6.07) is 4.21. The van der Waals surface area contributed by atoms with E-state index in [0.29, 0.717) is 24.2 Å². The molecular weight excluding hydrogens is 199 g/mol. The summed E-state index contributed by atoms with van der Waals surface area (Å²) in [5.74, 6) is -0.0452. The van der Waals surface area contributed by atoms with Gasteiger partial charge in [-0.1, -0.05) is 0 Å². The highest BCUT2D eigenvalue weighted by Gasteiger charge is 2.27. The monoisotopic (exact) mass is 210 g/mol. The van der Waals surface area contributed by atoms with Crippen LogP contribution in [-0.2, 0) is 9.53 Å². The average molecular weight is 210 g/mol. The molecule has 1 aliphatic rings. The molecule has 1 atom stereocenters. The number of cyclic esters (lactones) is 1. The molecule has 15 heavy (non-hydrogen) atoms. The minimum Gasteiger partial charge on any atom is -0.496 e. The number of benzene rings is 1. The quantitative estimate of drug-likeness (QED) is 0.702. The average Bonchev–Trinajstić information content (AvgIpc) is 2.65. The van der Waals surface area contributed by atoms with Gasteiger partial charge in [-0.2, -0.15) is 0 Å². The summed E-state index contributed by atoms with van der Waals surface area (Å²) < 4.78 is 23.2. The number of halogens is 1. The Bertz CT molecular complexity index is 389. The maximum absolute atomic E-state index is 13.0. The molecule has 1 heterocycles. The number of methoxy groups -OCH3 is 1. The van der Waals surface area contributed by atoms with E-state index in [0.717, 1.165) is 0 Å². The smallest absolute Gasteiger partial charge is 0.306 e. The maximum Gasteiger partial charge on any atom is 0.306 e. The summed E-state index contributed by atoms with van der Waals surface area (Å²) in [7, 11) is 1.51. The van der Waals surface area contributed by atoms with E-state index in [-0.39, 0.29) is 17.9 Å². The molecule has 3 nitrogen and oxygen atoms in total. The summed E-state index contributed by atoms with van der Waals surface area (Å²) in [5.41, 5.74) is 0.600. The Morgan fingerprint density at radius 3 is 2.93 bits per heavy atom. The van der Waals surface area contributed by atoms with Gasteiger partial charge in [0.1, 0.15) is 17.7 Å². The van der Waals surface area contributed by atoms with E-state index in [1.165, 1.54) is 25.3 Å². The molecular formula is C11H11FO3. The van der Waals surface area contributed by atoms with Gasteiger partial charge < -0.3 is 9.47 Å². The molecule has 0 amide bonds. The van der Waals surface area contributed by atoms with Crippen LogP contribution in [0, 0.1) is 5.82 Å². The second kappa shape index (κ2) is 3.88. The fourth-order valence-electron chi connectivity index (χ4n) is 1.70. The zero-order valence-electron chi connectivity index (χ0n) is 8.33. The highest BCUT2D eigenvalue weighted by molar-refractivity contribution is 5.72. The molecule has 1 aromatic carbocycles. The van der Waals surface area contributed by atoms with Gasteiger partial charge in [-0.25, -0.2) is 4.39 Å². The zero-order valence-corrected chi connectivity index (χ0v) is 8.33. The number of hydrogen-bond acceptors (Lipinski definition) is 3. The fraction of sp³-hybridized carbons (Fsp3) is 0.364. The van der Waals surface area contributed by atoms with Crippen LogP contribution in [0.2, 0.25) is 0 Å². The van der Waals surface area contributed by atoms with E-state index < -0.39 is 0 Å². The van der Waals surface area contributed by atoms with Crippen molar-refractivity contribution >= 4 is 5.97 Å². The Kier molecular flexibility index (Phi) is 2.58. The van der Waals surface area contributed by atoms with Crippen molar-refractivity contribution in [2.24, 2.45) is 0 Å². The topological polar surface area (TPSA) is 35.5 Å². The Labute approximate surface area is 86.8 Å². The molecule has 1 aliphatic heterocycles. The Morgan fingerprint density at radius 2 is 2.33 bits per heavy atom. The molecule has 0 spiro atoms. The molecule has 1 saturated heterocycles. The van der Waals surface area contributed by atoms with Crippen molar-refractivity contribution in [3.8, 4) is 5.75 Å². The van der Waals surface area contributed by atoms with Crippen LogP contribution in [0.5, 0.6) is 5.75 Å². The first-order valence-electron chi connectivity index (χ1n) is 4.73. The first kappa shape index (κ1) is 9.96. The molecule has 1 fully saturated rings. The number of carbonyl (C=O) groups is 1. The molecule has 1 aromatic rings. The van der Waals surface area contributed by atoms with Crippen LogP contribution < -0.4 is 4.74 Å². The van der Waals surface area contributed by atoms with Gasteiger partial charge in [0.15, 0.2) is 0 Å². The van der Waals surface area contributed by atoms with Gasteiger partial charge in [-0.05, 0) is 24.6 Å².